The second-order valence-electron chi connectivity index (χ2n) is 11.5. The molecule has 3 amide bonds. The Morgan fingerprint density at radius 3 is 2.63 bits per heavy atom. The van der Waals surface area contributed by atoms with Crippen LogP contribution in [0.4, 0.5) is 0 Å². The molecule has 0 radical (unpaired) electrons. The van der Waals surface area contributed by atoms with Crippen molar-refractivity contribution in [3.63, 3.8) is 0 Å². The second-order valence-corrected chi connectivity index (χ2v) is 11.5. The van der Waals surface area contributed by atoms with Gasteiger partial charge in [0, 0.05) is 62.9 Å². The number of pyridine rings is 2. The highest BCUT2D eigenvalue weighted by molar-refractivity contribution is 6.05. The molecule has 3 aromatic rings. The van der Waals surface area contributed by atoms with E-state index in [1.165, 1.54) is 12.8 Å². The van der Waals surface area contributed by atoms with Crippen molar-refractivity contribution in [1.29, 1.82) is 0 Å². The number of nitrogens with zero attached hydrogens (tertiary/aromatic N) is 4. The molecule has 1 atom stereocenters. The Morgan fingerprint density at radius 1 is 1.02 bits per heavy atom. The third-order valence-corrected chi connectivity index (χ3v) is 8.83. The van der Waals surface area contributed by atoms with Gasteiger partial charge in [-0.25, -0.2) is 4.98 Å². The molecule has 7 rings (SSSR count). The first-order valence-corrected chi connectivity index (χ1v) is 14.4. The van der Waals surface area contributed by atoms with Gasteiger partial charge in [0.15, 0.2) is 0 Å². The van der Waals surface area contributed by atoms with E-state index in [0.29, 0.717) is 18.5 Å². The quantitative estimate of drug-likeness (QED) is 0.442. The summed E-state index contributed by atoms with van der Waals surface area (Å²) in [6, 6.07) is 9.10. The first-order valence-electron chi connectivity index (χ1n) is 14.4. The van der Waals surface area contributed by atoms with Crippen molar-refractivity contribution in [3.8, 4) is 17.0 Å². The Morgan fingerprint density at radius 2 is 1.85 bits per heavy atom. The lowest BCUT2D eigenvalue weighted by molar-refractivity contribution is -0.136. The molecule has 10 nitrogen and oxygen atoms in total. The molecule has 1 aromatic carbocycles. The molecule has 3 fully saturated rings. The van der Waals surface area contributed by atoms with Gasteiger partial charge in [-0.05, 0) is 61.7 Å². The van der Waals surface area contributed by atoms with Gasteiger partial charge in [0.1, 0.15) is 23.4 Å². The molecular weight excluding hydrogens is 522 g/mol. The SMILES string of the molecule is CO[C@H]1C[C@@H](Oc2ccnc3c(CN4CCCC4)cc(-c4ccc5c(c4)CN(C4CCC(=O)NC4=O)C5=O)nc23)C1. The molecule has 0 bridgehead atoms. The molecule has 212 valence electrons. The van der Waals surface area contributed by atoms with Crippen molar-refractivity contribution < 1.29 is 23.9 Å². The number of hydrogen-bond acceptors (Lipinski definition) is 8. The number of carbonyl (C=O) groups excluding carboxylic acids is 3. The molecule has 4 aliphatic rings. The van der Waals surface area contributed by atoms with Crippen molar-refractivity contribution in [2.75, 3.05) is 20.2 Å². The fourth-order valence-electron chi connectivity index (χ4n) is 6.43. The molecule has 2 saturated heterocycles. The smallest absolute Gasteiger partial charge is 0.255 e. The van der Waals surface area contributed by atoms with Crippen LogP contribution in [-0.4, -0.2) is 75.9 Å². The highest BCUT2D eigenvalue weighted by atomic mass is 16.5. The third kappa shape index (κ3) is 4.85. The molecule has 5 heterocycles. The number of rotatable bonds is 7. The summed E-state index contributed by atoms with van der Waals surface area (Å²) in [6.07, 6.45) is 6.78. The maximum absolute atomic E-state index is 13.2. The van der Waals surface area contributed by atoms with Crippen LogP contribution in [0, 0.1) is 0 Å². The standard InChI is InChI=1S/C31H33N5O5/c1-40-21-14-22(15-21)41-26-8-9-32-28-20(16-35-10-2-3-11-35)13-24(33-29(26)28)18-4-5-23-19(12-18)17-36(31(23)39)25-6-7-27(37)34-30(25)38/h4-5,8-9,12-13,21-22,25H,2-3,6-7,10-11,14-17H2,1H3,(H,34,37,38)/t21-,22+,25?. The van der Waals surface area contributed by atoms with Crippen LogP contribution in [0.25, 0.3) is 22.3 Å². The number of fused-ring (bicyclic) bond motifs is 2. The maximum atomic E-state index is 13.2. The Labute approximate surface area is 238 Å². The summed E-state index contributed by atoms with van der Waals surface area (Å²) in [5.41, 5.74) is 5.81. The second kappa shape index (κ2) is 10.5. The lowest BCUT2D eigenvalue weighted by Crippen LogP contribution is -2.52. The fraction of sp³-hybridized carbons (Fsp3) is 0.452. The minimum atomic E-state index is -0.642. The number of aromatic nitrogens is 2. The topological polar surface area (TPSA) is 114 Å². The van der Waals surface area contributed by atoms with E-state index >= 15 is 0 Å². The summed E-state index contributed by atoms with van der Waals surface area (Å²) in [4.78, 5) is 51.2. The van der Waals surface area contributed by atoms with Gasteiger partial charge < -0.3 is 14.4 Å². The summed E-state index contributed by atoms with van der Waals surface area (Å²) in [7, 11) is 1.73. The molecule has 41 heavy (non-hydrogen) atoms. The molecular formula is C31H33N5O5. The van der Waals surface area contributed by atoms with Crippen LogP contribution in [0.3, 0.4) is 0 Å². The Balaban J connectivity index is 1.23. The number of imide groups is 1. The number of methoxy groups -OCH3 is 1. The van der Waals surface area contributed by atoms with Crippen LogP contribution < -0.4 is 10.1 Å². The Bertz CT molecular complexity index is 1550. The largest absolute Gasteiger partial charge is 0.488 e. The van der Waals surface area contributed by atoms with Crippen molar-refractivity contribution in [3.05, 3.63) is 53.2 Å². The van der Waals surface area contributed by atoms with Crippen LogP contribution in [0.1, 0.15) is 60.0 Å². The van der Waals surface area contributed by atoms with E-state index in [1.807, 2.05) is 24.3 Å². The van der Waals surface area contributed by atoms with E-state index in [2.05, 4.69) is 16.3 Å². The number of benzene rings is 1. The van der Waals surface area contributed by atoms with Crippen molar-refractivity contribution in [2.45, 2.75) is 69.9 Å². The van der Waals surface area contributed by atoms with E-state index in [1.54, 1.807) is 18.2 Å². The van der Waals surface area contributed by atoms with Gasteiger partial charge in [-0.2, -0.15) is 0 Å². The lowest BCUT2D eigenvalue weighted by Gasteiger charge is -2.34. The number of ether oxygens (including phenoxy) is 2. The summed E-state index contributed by atoms with van der Waals surface area (Å²) in [6.45, 7) is 3.23. The van der Waals surface area contributed by atoms with Crippen LogP contribution in [-0.2, 0) is 27.4 Å². The molecule has 2 aromatic heterocycles. The van der Waals surface area contributed by atoms with Gasteiger partial charge in [0.25, 0.3) is 5.91 Å². The van der Waals surface area contributed by atoms with Crippen molar-refractivity contribution in [2.24, 2.45) is 0 Å². The fourth-order valence-corrected chi connectivity index (χ4v) is 6.43. The van der Waals surface area contributed by atoms with E-state index in [-0.39, 0.29) is 30.4 Å². The molecule has 0 spiro atoms. The van der Waals surface area contributed by atoms with Crippen LogP contribution in [0.2, 0.25) is 0 Å². The highest BCUT2D eigenvalue weighted by Gasteiger charge is 2.39. The number of likely N-dealkylation sites (tertiary alicyclic amines) is 1. The first-order chi connectivity index (χ1) is 20.0. The number of amides is 3. The molecule has 3 aliphatic heterocycles. The maximum Gasteiger partial charge on any atom is 0.255 e. The number of carbonyl (C=O) groups is 3. The van der Waals surface area contributed by atoms with Gasteiger partial charge >= 0.3 is 0 Å². The minimum absolute atomic E-state index is 0.0855. The zero-order valence-corrected chi connectivity index (χ0v) is 23.1. The predicted molar refractivity (Wildman–Crippen MR) is 150 cm³/mol. The van der Waals surface area contributed by atoms with Gasteiger partial charge in [-0.1, -0.05) is 6.07 Å². The number of nitrogens with one attached hydrogen (secondary N) is 1. The molecule has 1 N–H and O–H groups in total. The third-order valence-electron chi connectivity index (χ3n) is 8.83. The van der Waals surface area contributed by atoms with Gasteiger partial charge in [-0.3, -0.25) is 29.6 Å². The van der Waals surface area contributed by atoms with Gasteiger partial charge in [-0.15, -0.1) is 0 Å². The van der Waals surface area contributed by atoms with Crippen LogP contribution in [0.15, 0.2) is 36.5 Å². The van der Waals surface area contributed by atoms with Gasteiger partial charge in [0.05, 0.1) is 17.3 Å². The summed E-state index contributed by atoms with van der Waals surface area (Å²) >= 11 is 0. The highest BCUT2D eigenvalue weighted by Crippen LogP contribution is 2.36. The predicted octanol–water partition coefficient (Wildman–Crippen LogP) is 3.21. The zero-order valence-electron chi connectivity index (χ0n) is 23.1. The van der Waals surface area contributed by atoms with Crippen molar-refractivity contribution in [1.82, 2.24) is 25.1 Å². The summed E-state index contributed by atoms with van der Waals surface area (Å²) in [5, 5.41) is 2.37. The number of piperidine rings is 1. The summed E-state index contributed by atoms with van der Waals surface area (Å²) < 4.78 is 11.8. The van der Waals surface area contributed by atoms with E-state index in [4.69, 9.17) is 19.4 Å². The average molecular weight is 556 g/mol. The Hall–Kier alpha value is -3.89. The lowest BCUT2D eigenvalue weighted by atomic mass is 9.92. The number of hydrogen-bond donors (Lipinski definition) is 1. The van der Waals surface area contributed by atoms with Crippen LogP contribution in [0.5, 0.6) is 5.75 Å². The molecule has 1 aliphatic carbocycles. The monoisotopic (exact) mass is 555 g/mol. The Kier molecular flexibility index (Phi) is 6.67. The molecule has 1 unspecified atom stereocenters. The summed E-state index contributed by atoms with van der Waals surface area (Å²) in [5.74, 6) is -0.163. The van der Waals surface area contributed by atoms with E-state index < -0.39 is 11.9 Å². The zero-order chi connectivity index (χ0) is 28.1. The molecule has 1 saturated carbocycles. The first kappa shape index (κ1) is 26.0. The molecule has 10 heteroatoms. The van der Waals surface area contributed by atoms with Gasteiger partial charge in [0.2, 0.25) is 11.8 Å². The minimum Gasteiger partial charge on any atom is -0.488 e. The van der Waals surface area contributed by atoms with Crippen LogP contribution >= 0.6 is 0 Å². The van der Waals surface area contributed by atoms with Crippen molar-refractivity contribution >= 4 is 28.8 Å². The average Bonchev–Trinajstić information content (AvgIpc) is 3.58. The normalized spacial score (nSPS) is 24.5. The van der Waals surface area contributed by atoms with E-state index in [9.17, 15) is 14.4 Å². The van der Waals surface area contributed by atoms with E-state index in [0.717, 1.165) is 71.6 Å².